The molecule has 3 nitrogen and oxygen atoms in total. The Morgan fingerprint density at radius 1 is 1.00 bits per heavy atom. The van der Waals surface area contributed by atoms with E-state index in [1.807, 2.05) is 12.1 Å². The van der Waals surface area contributed by atoms with E-state index in [2.05, 4.69) is 28.2 Å². The van der Waals surface area contributed by atoms with Crippen molar-refractivity contribution in [3.8, 4) is 16.5 Å². The zero-order chi connectivity index (χ0) is 14.4. The molecule has 0 fully saturated rings. The van der Waals surface area contributed by atoms with Gasteiger partial charge < -0.3 is 5.11 Å². The molecule has 4 aromatic rings. The summed E-state index contributed by atoms with van der Waals surface area (Å²) in [4.78, 5) is 9.89. The Morgan fingerprint density at radius 2 is 1.86 bits per heavy atom. The number of phenols is 1. The number of fused-ring (bicyclic) bond motifs is 2. The number of nitrogens with zero attached hydrogens (tertiary/aromatic N) is 2. The fraction of sp³-hybridized carbons (Fsp3) is 0. The largest absolute Gasteiger partial charge is 0.508 e. The van der Waals surface area contributed by atoms with Gasteiger partial charge in [0.15, 0.2) is 5.82 Å². The predicted octanol–water partition coefficient (Wildman–Crippen LogP) is 4.87. The number of aromatic nitrogens is 2. The van der Waals surface area contributed by atoms with Crippen molar-refractivity contribution in [2.45, 2.75) is 0 Å². The molecule has 1 N–H and O–H groups in total. The fourth-order valence-corrected chi connectivity index (χ4v) is 3.51. The van der Waals surface area contributed by atoms with Gasteiger partial charge >= 0.3 is 0 Å². The number of rotatable bonds is 1. The maximum absolute atomic E-state index is 9.52. The average Bonchev–Trinajstić information content (AvgIpc) is 2.92. The van der Waals surface area contributed by atoms with Crippen molar-refractivity contribution in [2.75, 3.05) is 0 Å². The van der Waals surface area contributed by atoms with Crippen LogP contribution in [0, 0.1) is 0 Å². The van der Waals surface area contributed by atoms with Gasteiger partial charge in [-0.2, -0.15) is 0 Å². The smallest absolute Gasteiger partial charge is 0.171 e. The van der Waals surface area contributed by atoms with Crippen LogP contribution in [0.4, 0.5) is 0 Å². The van der Waals surface area contributed by atoms with Gasteiger partial charge in [0.25, 0.3) is 0 Å². The first kappa shape index (κ1) is 12.6. The number of phenolic OH excluding ortho intramolecular Hbond substituents is 1. The topological polar surface area (TPSA) is 46.0 Å². The number of hydrogen-bond acceptors (Lipinski definition) is 4. The third kappa shape index (κ3) is 2.13. The van der Waals surface area contributed by atoms with E-state index in [-0.39, 0.29) is 5.75 Å². The molecule has 21 heavy (non-hydrogen) atoms. The molecule has 0 unspecified atom stereocenters. The highest BCUT2D eigenvalue weighted by Crippen LogP contribution is 2.34. The van der Waals surface area contributed by atoms with Gasteiger partial charge in [0.05, 0.1) is 10.4 Å². The first-order chi connectivity index (χ1) is 10.2. The van der Waals surface area contributed by atoms with Crippen molar-refractivity contribution < 1.29 is 5.11 Å². The van der Waals surface area contributed by atoms with Crippen molar-refractivity contribution in [2.24, 2.45) is 0 Å². The van der Waals surface area contributed by atoms with E-state index < -0.39 is 0 Å². The first-order valence-electron chi connectivity index (χ1n) is 6.36. The van der Waals surface area contributed by atoms with Crippen molar-refractivity contribution >= 4 is 43.9 Å². The van der Waals surface area contributed by atoms with Gasteiger partial charge in [0.1, 0.15) is 10.9 Å². The number of benzene rings is 2. The quantitative estimate of drug-likeness (QED) is 0.510. The normalized spacial score (nSPS) is 11.3. The van der Waals surface area contributed by atoms with E-state index in [9.17, 15) is 5.11 Å². The minimum Gasteiger partial charge on any atom is -0.508 e. The first-order valence-corrected chi connectivity index (χ1v) is 7.55. The summed E-state index contributed by atoms with van der Waals surface area (Å²) in [7, 11) is 0. The van der Waals surface area contributed by atoms with Crippen LogP contribution >= 0.6 is 22.9 Å². The molecule has 0 radical (unpaired) electrons. The molecule has 102 valence electrons. The highest BCUT2D eigenvalue weighted by atomic mass is 35.5. The van der Waals surface area contributed by atoms with E-state index in [0.29, 0.717) is 16.4 Å². The third-order valence-electron chi connectivity index (χ3n) is 3.28. The van der Waals surface area contributed by atoms with Crippen LogP contribution in [-0.4, -0.2) is 15.1 Å². The Kier molecular flexibility index (Phi) is 2.80. The molecule has 2 aromatic heterocycles. The zero-order valence-corrected chi connectivity index (χ0v) is 12.3. The minimum atomic E-state index is 0.155. The molecule has 0 bridgehead atoms. The number of hydrogen-bond donors (Lipinski definition) is 1. The van der Waals surface area contributed by atoms with Crippen molar-refractivity contribution in [3.05, 3.63) is 53.7 Å². The number of thiophene rings is 1. The summed E-state index contributed by atoms with van der Waals surface area (Å²) in [5, 5.41) is 11.7. The Hall–Kier alpha value is -2.17. The molecule has 4 rings (SSSR count). The van der Waals surface area contributed by atoms with Gasteiger partial charge in [0, 0.05) is 10.1 Å². The molecular weight excluding hydrogens is 304 g/mol. The Balaban J connectivity index is 1.95. The van der Waals surface area contributed by atoms with E-state index in [1.165, 1.54) is 10.1 Å². The molecule has 0 aliphatic heterocycles. The minimum absolute atomic E-state index is 0.155. The summed E-state index contributed by atoms with van der Waals surface area (Å²) in [6.45, 7) is 0. The molecule has 0 aliphatic rings. The summed E-state index contributed by atoms with van der Waals surface area (Å²) in [6.07, 6.45) is 0. The van der Waals surface area contributed by atoms with Crippen LogP contribution in [-0.2, 0) is 0 Å². The molecule has 0 spiro atoms. The fourth-order valence-electron chi connectivity index (χ4n) is 2.28. The summed E-state index contributed by atoms with van der Waals surface area (Å²) < 4.78 is 1.19. The van der Waals surface area contributed by atoms with Gasteiger partial charge in [-0.05, 0) is 35.7 Å². The molecule has 0 saturated heterocycles. The predicted molar refractivity (Wildman–Crippen MR) is 87.0 cm³/mol. The van der Waals surface area contributed by atoms with Gasteiger partial charge in [-0.25, -0.2) is 9.97 Å². The lowest BCUT2D eigenvalue weighted by Crippen LogP contribution is -1.89. The van der Waals surface area contributed by atoms with Gasteiger partial charge in [-0.3, -0.25) is 0 Å². The second-order valence-electron chi connectivity index (χ2n) is 4.69. The maximum atomic E-state index is 9.52. The molecule has 5 heteroatoms. The average molecular weight is 313 g/mol. The molecule has 0 atom stereocenters. The van der Waals surface area contributed by atoms with Crippen LogP contribution in [0.2, 0.25) is 5.15 Å². The lowest BCUT2D eigenvalue weighted by atomic mass is 10.2. The van der Waals surface area contributed by atoms with Gasteiger partial charge in [0.2, 0.25) is 0 Å². The zero-order valence-electron chi connectivity index (χ0n) is 10.7. The van der Waals surface area contributed by atoms with Crippen LogP contribution in [0.15, 0.2) is 48.5 Å². The lowest BCUT2D eigenvalue weighted by Gasteiger charge is -2.03. The Labute approximate surface area is 129 Å². The molecule has 0 aliphatic carbocycles. The second kappa shape index (κ2) is 4.69. The van der Waals surface area contributed by atoms with E-state index in [4.69, 9.17) is 11.6 Å². The molecule has 0 amide bonds. The highest BCUT2D eigenvalue weighted by molar-refractivity contribution is 7.22. The second-order valence-corrected chi connectivity index (χ2v) is 6.13. The lowest BCUT2D eigenvalue weighted by molar-refractivity contribution is 0.476. The van der Waals surface area contributed by atoms with Crippen LogP contribution < -0.4 is 0 Å². The molecular formula is C16H9ClN2OS. The van der Waals surface area contributed by atoms with Gasteiger partial charge in [-0.15, -0.1) is 11.3 Å². The molecule has 2 aromatic carbocycles. The van der Waals surface area contributed by atoms with Gasteiger partial charge in [-0.1, -0.05) is 29.8 Å². The number of halogens is 1. The summed E-state index contributed by atoms with van der Waals surface area (Å²) in [6, 6.07) is 15.1. The van der Waals surface area contributed by atoms with Crippen LogP contribution in [0.25, 0.3) is 31.7 Å². The van der Waals surface area contributed by atoms with E-state index in [1.54, 1.807) is 29.5 Å². The standard InChI is InChI=1S/C16H9ClN2OS/c17-15-11-8-10(20)5-6-12(11)18-16(19-15)14-7-9-3-1-2-4-13(9)21-14/h1-8,20H. The Morgan fingerprint density at radius 3 is 2.71 bits per heavy atom. The maximum Gasteiger partial charge on any atom is 0.171 e. The van der Waals surface area contributed by atoms with Crippen molar-refractivity contribution in [3.63, 3.8) is 0 Å². The number of aromatic hydroxyl groups is 1. The van der Waals surface area contributed by atoms with Crippen molar-refractivity contribution in [1.29, 1.82) is 0 Å². The molecule has 0 saturated carbocycles. The SMILES string of the molecule is Oc1ccc2nc(-c3cc4ccccc4s3)nc(Cl)c2c1. The van der Waals surface area contributed by atoms with Crippen molar-refractivity contribution in [1.82, 2.24) is 9.97 Å². The van der Waals surface area contributed by atoms with E-state index >= 15 is 0 Å². The molecule has 2 heterocycles. The monoisotopic (exact) mass is 312 g/mol. The summed E-state index contributed by atoms with van der Waals surface area (Å²) >= 11 is 7.86. The van der Waals surface area contributed by atoms with Crippen LogP contribution in [0.3, 0.4) is 0 Å². The van der Waals surface area contributed by atoms with Crippen LogP contribution in [0.1, 0.15) is 0 Å². The van der Waals surface area contributed by atoms with Crippen LogP contribution in [0.5, 0.6) is 5.75 Å². The Bertz CT molecular complexity index is 948. The highest BCUT2D eigenvalue weighted by Gasteiger charge is 2.11. The summed E-state index contributed by atoms with van der Waals surface area (Å²) in [5.41, 5.74) is 0.722. The van der Waals surface area contributed by atoms with E-state index in [0.717, 1.165) is 10.4 Å². The third-order valence-corrected chi connectivity index (χ3v) is 4.68. The summed E-state index contributed by atoms with van der Waals surface area (Å²) in [5.74, 6) is 0.766.